The van der Waals surface area contributed by atoms with Gasteiger partial charge in [-0.25, -0.2) is 0 Å². The monoisotopic (exact) mass is 270 g/mol. The maximum atomic E-state index is 11.9. The van der Waals surface area contributed by atoms with Gasteiger partial charge in [-0.3, -0.25) is 20.4 Å². The Labute approximate surface area is 116 Å². The lowest BCUT2D eigenvalue weighted by molar-refractivity contribution is 0.0846. The topological polar surface area (TPSA) is 78.4 Å². The number of aryl methyl sites for hydroxylation is 1. The molecule has 0 aliphatic heterocycles. The number of phenols is 1. The number of amides is 2. The number of hydrazine groups is 1. The molecule has 2 aromatic carbocycles. The van der Waals surface area contributed by atoms with Crippen LogP contribution in [-0.2, 0) is 0 Å². The smallest absolute Gasteiger partial charge is 0.269 e. The molecule has 0 saturated heterocycles. The number of carbonyl (C=O) groups excluding carboxylic acids is 2. The number of hydrogen-bond donors (Lipinski definition) is 3. The lowest BCUT2D eigenvalue weighted by atomic mass is 10.1. The van der Waals surface area contributed by atoms with E-state index in [0.717, 1.165) is 5.56 Å². The van der Waals surface area contributed by atoms with Crippen LogP contribution in [0.4, 0.5) is 0 Å². The molecule has 0 aromatic heterocycles. The van der Waals surface area contributed by atoms with Crippen LogP contribution in [0, 0.1) is 6.92 Å². The van der Waals surface area contributed by atoms with E-state index in [1.807, 2.05) is 19.1 Å². The first-order chi connectivity index (χ1) is 9.58. The maximum Gasteiger partial charge on any atom is 0.269 e. The van der Waals surface area contributed by atoms with Crippen LogP contribution in [0.1, 0.15) is 26.3 Å². The van der Waals surface area contributed by atoms with E-state index in [1.165, 1.54) is 24.3 Å². The van der Waals surface area contributed by atoms with Crippen molar-refractivity contribution in [1.29, 1.82) is 0 Å². The molecule has 3 N–H and O–H groups in total. The average molecular weight is 270 g/mol. The molecular weight excluding hydrogens is 256 g/mol. The van der Waals surface area contributed by atoms with E-state index < -0.39 is 5.91 Å². The van der Waals surface area contributed by atoms with Gasteiger partial charge < -0.3 is 5.11 Å². The summed E-state index contributed by atoms with van der Waals surface area (Å²) in [6.07, 6.45) is 0. The molecule has 0 aliphatic rings. The third kappa shape index (κ3) is 3.14. The number of nitrogens with one attached hydrogen (secondary N) is 2. The number of carbonyl (C=O) groups is 2. The number of hydrogen-bond acceptors (Lipinski definition) is 3. The fourth-order valence-electron chi connectivity index (χ4n) is 1.69. The van der Waals surface area contributed by atoms with Crippen LogP contribution >= 0.6 is 0 Å². The molecule has 5 heteroatoms. The zero-order valence-electron chi connectivity index (χ0n) is 10.9. The second kappa shape index (κ2) is 5.88. The summed E-state index contributed by atoms with van der Waals surface area (Å²) in [4.78, 5) is 23.7. The molecule has 0 atom stereocenters. The SMILES string of the molecule is Cc1ccccc1C(=O)NNC(=O)c1ccc(O)cc1. The molecule has 0 bridgehead atoms. The van der Waals surface area contributed by atoms with Gasteiger partial charge in [0.2, 0.25) is 0 Å². The van der Waals surface area contributed by atoms with Crippen molar-refractivity contribution in [2.45, 2.75) is 6.92 Å². The third-order valence-electron chi connectivity index (χ3n) is 2.81. The van der Waals surface area contributed by atoms with E-state index in [1.54, 1.807) is 12.1 Å². The molecule has 0 unspecified atom stereocenters. The predicted octanol–water partition coefficient (Wildman–Crippen LogP) is 1.78. The first-order valence-corrected chi connectivity index (χ1v) is 6.03. The Bertz CT molecular complexity index is 636. The highest BCUT2D eigenvalue weighted by Crippen LogP contribution is 2.09. The Morgan fingerprint density at radius 3 is 2.15 bits per heavy atom. The molecule has 0 aliphatic carbocycles. The standard InChI is InChI=1S/C15H14N2O3/c1-10-4-2-3-5-13(10)15(20)17-16-14(19)11-6-8-12(18)9-7-11/h2-9,18H,1H3,(H,16,19)(H,17,20). The lowest BCUT2D eigenvalue weighted by Crippen LogP contribution is -2.41. The third-order valence-corrected chi connectivity index (χ3v) is 2.81. The Morgan fingerprint density at radius 1 is 0.900 bits per heavy atom. The van der Waals surface area contributed by atoms with Crippen LogP contribution in [-0.4, -0.2) is 16.9 Å². The highest BCUT2D eigenvalue weighted by atomic mass is 16.3. The summed E-state index contributed by atoms with van der Waals surface area (Å²) in [5.41, 5.74) is 6.34. The van der Waals surface area contributed by atoms with Gasteiger partial charge in [-0.2, -0.15) is 0 Å². The van der Waals surface area contributed by atoms with Gasteiger partial charge in [0.1, 0.15) is 5.75 Å². The molecule has 20 heavy (non-hydrogen) atoms. The summed E-state index contributed by atoms with van der Waals surface area (Å²) in [5, 5.41) is 9.13. The molecule has 0 saturated carbocycles. The van der Waals surface area contributed by atoms with Crippen LogP contribution in [0.2, 0.25) is 0 Å². The molecule has 0 fully saturated rings. The summed E-state index contributed by atoms with van der Waals surface area (Å²) in [7, 11) is 0. The predicted molar refractivity (Wildman–Crippen MR) is 74.2 cm³/mol. The van der Waals surface area contributed by atoms with Crippen LogP contribution in [0.3, 0.4) is 0 Å². The summed E-state index contributed by atoms with van der Waals surface area (Å²) in [6, 6.07) is 12.8. The Morgan fingerprint density at radius 2 is 1.50 bits per heavy atom. The molecule has 0 radical (unpaired) electrons. The molecule has 2 rings (SSSR count). The van der Waals surface area contributed by atoms with E-state index >= 15 is 0 Å². The quantitative estimate of drug-likeness (QED) is 0.728. The molecule has 0 spiro atoms. The van der Waals surface area contributed by atoms with Gasteiger partial charge in [-0.05, 0) is 42.8 Å². The second-order valence-electron chi connectivity index (χ2n) is 4.27. The van der Waals surface area contributed by atoms with Gasteiger partial charge in [0.25, 0.3) is 11.8 Å². The first-order valence-electron chi connectivity index (χ1n) is 6.03. The Kier molecular flexibility index (Phi) is 4.00. The average Bonchev–Trinajstić information content (AvgIpc) is 2.45. The fraction of sp³-hybridized carbons (Fsp3) is 0.0667. The lowest BCUT2D eigenvalue weighted by Gasteiger charge is -2.09. The van der Waals surface area contributed by atoms with Crippen molar-refractivity contribution in [1.82, 2.24) is 10.9 Å². The largest absolute Gasteiger partial charge is 0.508 e. The van der Waals surface area contributed by atoms with E-state index in [4.69, 9.17) is 5.11 Å². The van der Waals surface area contributed by atoms with Gasteiger partial charge >= 0.3 is 0 Å². The summed E-state index contributed by atoms with van der Waals surface area (Å²) in [5.74, 6) is -0.757. The van der Waals surface area contributed by atoms with Crippen molar-refractivity contribution in [3.63, 3.8) is 0 Å². The zero-order valence-corrected chi connectivity index (χ0v) is 10.9. The fourth-order valence-corrected chi connectivity index (χ4v) is 1.69. The van der Waals surface area contributed by atoms with Crippen molar-refractivity contribution in [2.24, 2.45) is 0 Å². The highest BCUT2D eigenvalue weighted by molar-refractivity contribution is 5.99. The summed E-state index contributed by atoms with van der Waals surface area (Å²) in [6.45, 7) is 1.82. The van der Waals surface area contributed by atoms with Crippen molar-refractivity contribution < 1.29 is 14.7 Å². The summed E-state index contributed by atoms with van der Waals surface area (Å²) < 4.78 is 0. The highest BCUT2D eigenvalue weighted by Gasteiger charge is 2.10. The van der Waals surface area contributed by atoms with Crippen molar-refractivity contribution in [2.75, 3.05) is 0 Å². The minimum Gasteiger partial charge on any atom is -0.508 e. The van der Waals surface area contributed by atoms with Gasteiger partial charge in [-0.15, -0.1) is 0 Å². The van der Waals surface area contributed by atoms with Crippen LogP contribution in [0.5, 0.6) is 5.75 Å². The minimum atomic E-state index is -0.452. The maximum absolute atomic E-state index is 11.9. The van der Waals surface area contributed by atoms with E-state index in [9.17, 15) is 9.59 Å². The molecule has 2 aromatic rings. The van der Waals surface area contributed by atoms with E-state index in [0.29, 0.717) is 11.1 Å². The second-order valence-corrected chi connectivity index (χ2v) is 4.27. The normalized spacial score (nSPS) is 9.85. The Hall–Kier alpha value is -2.82. The number of aromatic hydroxyl groups is 1. The van der Waals surface area contributed by atoms with Crippen LogP contribution in [0.15, 0.2) is 48.5 Å². The zero-order chi connectivity index (χ0) is 14.5. The van der Waals surface area contributed by atoms with Crippen LogP contribution < -0.4 is 10.9 Å². The van der Waals surface area contributed by atoms with E-state index in [2.05, 4.69) is 10.9 Å². The van der Waals surface area contributed by atoms with Crippen molar-refractivity contribution in [3.05, 3.63) is 65.2 Å². The minimum absolute atomic E-state index is 0.0745. The van der Waals surface area contributed by atoms with Gasteiger partial charge in [-0.1, -0.05) is 18.2 Å². The number of rotatable bonds is 2. The Balaban J connectivity index is 1.99. The first kappa shape index (κ1) is 13.6. The van der Waals surface area contributed by atoms with Gasteiger partial charge in [0.05, 0.1) is 0 Å². The summed E-state index contributed by atoms with van der Waals surface area (Å²) >= 11 is 0. The van der Waals surface area contributed by atoms with Gasteiger partial charge in [0, 0.05) is 11.1 Å². The van der Waals surface area contributed by atoms with Crippen molar-refractivity contribution >= 4 is 11.8 Å². The molecule has 2 amide bonds. The molecular formula is C15H14N2O3. The van der Waals surface area contributed by atoms with Crippen molar-refractivity contribution in [3.8, 4) is 5.75 Å². The number of benzene rings is 2. The molecule has 102 valence electrons. The molecule has 0 heterocycles. The van der Waals surface area contributed by atoms with Crippen LogP contribution in [0.25, 0.3) is 0 Å². The van der Waals surface area contributed by atoms with Gasteiger partial charge in [0.15, 0.2) is 0 Å². The van der Waals surface area contributed by atoms with E-state index in [-0.39, 0.29) is 11.7 Å². The number of phenolic OH excluding ortho intramolecular Hbond substituents is 1. The molecule has 5 nitrogen and oxygen atoms in total.